The Morgan fingerprint density at radius 1 is 0.833 bits per heavy atom. The molecule has 2 aromatic carbocycles. The Morgan fingerprint density at radius 2 is 1.57 bits per heavy atom. The smallest absolute Gasteiger partial charge is 0.217 e. The molecule has 0 N–H and O–H groups in total. The molecule has 0 fully saturated rings. The number of nitrogens with zero attached hydrogens (tertiary/aromatic N) is 3. The van der Waals surface area contributed by atoms with Crippen LogP contribution < -0.4 is 14.5 Å². The molecule has 0 saturated heterocycles. The zero-order valence-corrected chi connectivity index (χ0v) is 18.0. The van der Waals surface area contributed by atoms with Gasteiger partial charge in [-0.05, 0) is 62.6 Å². The summed E-state index contributed by atoms with van der Waals surface area (Å²) in [5, 5.41) is 0. The molecule has 3 aromatic rings. The van der Waals surface area contributed by atoms with E-state index in [1.807, 2.05) is 47.6 Å². The van der Waals surface area contributed by atoms with Crippen molar-refractivity contribution in [1.82, 2.24) is 4.98 Å². The van der Waals surface area contributed by atoms with Gasteiger partial charge in [0.05, 0.1) is 12.3 Å². The second-order valence-corrected chi connectivity index (χ2v) is 7.73. The van der Waals surface area contributed by atoms with Gasteiger partial charge in [-0.2, -0.15) is 0 Å². The van der Waals surface area contributed by atoms with Crippen molar-refractivity contribution < 1.29 is 4.74 Å². The van der Waals surface area contributed by atoms with Gasteiger partial charge in [0.15, 0.2) is 0 Å². The third-order valence-corrected chi connectivity index (χ3v) is 5.24. The van der Waals surface area contributed by atoms with Gasteiger partial charge in [-0.3, -0.25) is 4.98 Å². The number of ether oxygens (including phenoxy) is 1. The topological polar surface area (TPSA) is 28.6 Å². The quantitative estimate of drug-likeness (QED) is 0.531. The van der Waals surface area contributed by atoms with Gasteiger partial charge in [0.25, 0.3) is 0 Å². The highest BCUT2D eigenvalue weighted by Gasteiger charge is 2.24. The Morgan fingerprint density at radius 3 is 2.27 bits per heavy atom. The van der Waals surface area contributed by atoms with Gasteiger partial charge in [0.1, 0.15) is 5.75 Å². The van der Waals surface area contributed by atoms with Crippen molar-refractivity contribution in [2.75, 3.05) is 16.4 Å². The minimum atomic E-state index is 0.574. The second-order valence-electron chi connectivity index (χ2n) is 7.73. The molecule has 0 aliphatic carbocycles. The summed E-state index contributed by atoms with van der Waals surface area (Å²) in [6, 6.07) is 16.5. The number of aryl methyl sites for hydroxylation is 4. The van der Waals surface area contributed by atoms with Crippen molar-refractivity contribution in [3.63, 3.8) is 0 Å². The molecule has 4 heteroatoms. The molecule has 2 heterocycles. The van der Waals surface area contributed by atoms with Crippen LogP contribution in [0.2, 0.25) is 0 Å². The van der Waals surface area contributed by atoms with Crippen LogP contribution in [0.3, 0.4) is 0 Å². The largest absolute Gasteiger partial charge is 0.491 e. The zero-order chi connectivity index (χ0) is 21.1. The Bertz CT molecular complexity index is 1040. The summed E-state index contributed by atoms with van der Waals surface area (Å²) in [5.74, 6) is 0.849. The van der Waals surface area contributed by atoms with Crippen LogP contribution in [0.25, 0.3) is 0 Å². The molecule has 0 spiro atoms. The first-order valence-corrected chi connectivity index (χ1v) is 10.3. The molecule has 30 heavy (non-hydrogen) atoms. The van der Waals surface area contributed by atoms with E-state index in [2.05, 4.69) is 68.6 Å². The Kier molecular flexibility index (Phi) is 5.75. The van der Waals surface area contributed by atoms with Gasteiger partial charge in [-0.15, -0.1) is 0 Å². The Balaban J connectivity index is 1.52. The lowest BCUT2D eigenvalue weighted by Crippen LogP contribution is -2.21. The maximum absolute atomic E-state index is 6.16. The number of rotatable bonds is 6. The number of hydrogen-bond donors (Lipinski definition) is 0. The van der Waals surface area contributed by atoms with Gasteiger partial charge in [0, 0.05) is 36.4 Å². The van der Waals surface area contributed by atoms with E-state index in [-0.39, 0.29) is 0 Å². The Hall–Kier alpha value is -3.27. The molecular formula is C26H27N3O. The summed E-state index contributed by atoms with van der Waals surface area (Å²) in [4.78, 5) is 8.45. The lowest BCUT2D eigenvalue weighted by molar-refractivity contribution is 0.321. The maximum Gasteiger partial charge on any atom is 0.217 e. The van der Waals surface area contributed by atoms with Crippen molar-refractivity contribution in [2.24, 2.45) is 0 Å². The van der Waals surface area contributed by atoms with Crippen molar-refractivity contribution in [2.45, 2.75) is 34.1 Å². The highest BCUT2D eigenvalue weighted by Crippen LogP contribution is 2.38. The summed E-state index contributed by atoms with van der Waals surface area (Å²) >= 11 is 0. The van der Waals surface area contributed by atoms with Crippen LogP contribution >= 0.6 is 0 Å². The second kappa shape index (κ2) is 8.62. The molecule has 1 aliphatic rings. The standard InChI is InChI=1S/C26H27N3O/c1-19-16-21(3)25(22(4)17-19)28-13-14-29(18-28)26-20(2)8-7-10-24(26)30-15-11-23-9-5-6-12-27-23/h5-10,12-14,16-17H,11,15H2,1-4H3. The molecule has 0 saturated carbocycles. The molecule has 4 nitrogen and oxygen atoms in total. The molecule has 1 aromatic heterocycles. The van der Waals surface area contributed by atoms with E-state index in [0.29, 0.717) is 6.61 Å². The molecule has 0 unspecified atom stereocenters. The fraction of sp³-hybridized carbons (Fsp3) is 0.231. The normalized spacial score (nSPS) is 13.2. The highest BCUT2D eigenvalue weighted by atomic mass is 16.5. The number of para-hydroxylation sites is 1. The van der Waals surface area contributed by atoms with Gasteiger partial charge >= 0.3 is 0 Å². The van der Waals surface area contributed by atoms with E-state index in [1.54, 1.807) is 0 Å². The van der Waals surface area contributed by atoms with E-state index in [0.717, 1.165) is 29.1 Å². The lowest BCUT2D eigenvalue weighted by atomic mass is 10.0. The van der Waals surface area contributed by atoms with Gasteiger partial charge in [0.2, 0.25) is 6.67 Å². The summed E-state index contributed by atoms with van der Waals surface area (Å²) in [6.07, 6.45) is 6.67. The first-order valence-electron chi connectivity index (χ1n) is 10.3. The highest BCUT2D eigenvalue weighted by molar-refractivity contribution is 5.73. The predicted molar refractivity (Wildman–Crippen MR) is 123 cm³/mol. The summed E-state index contributed by atoms with van der Waals surface area (Å²) < 4.78 is 6.16. The Labute approximate surface area is 179 Å². The third-order valence-electron chi connectivity index (χ3n) is 5.24. The summed E-state index contributed by atoms with van der Waals surface area (Å²) in [7, 11) is 0. The molecule has 152 valence electrons. The summed E-state index contributed by atoms with van der Waals surface area (Å²) in [5.41, 5.74) is 8.11. The van der Waals surface area contributed by atoms with Crippen LogP contribution in [0, 0.1) is 34.4 Å². The fourth-order valence-electron chi connectivity index (χ4n) is 3.99. The van der Waals surface area contributed by atoms with Crippen LogP contribution in [-0.4, -0.2) is 11.6 Å². The summed E-state index contributed by atoms with van der Waals surface area (Å²) in [6.45, 7) is 12.6. The SMILES string of the molecule is Cc1cc(C)c(N2[C]N(c3c(C)cccc3OCCc3ccccn3)C=C2)c(C)c1. The van der Waals surface area contributed by atoms with Crippen LogP contribution in [0.5, 0.6) is 5.75 Å². The molecular weight excluding hydrogens is 370 g/mol. The first-order chi connectivity index (χ1) is 14.5. The minimum absolute atomic E-state index is 0.574. The minimum Gasteiger partial charge on any atom is -0.491 e. The monoisotopic (exact) mass is 397 g/mol. The van der Waals surface area contributed by atoms with E-state index < -0.39 is 0 Å². The van der Waals surface area contributed by atoms with Crippen molar-refractivity contribution >= 4 is 11.4 Å². The molecule has 0 atom stereocenters. The van der Waals surface area contributed by atoms with E-state index in [4.69, 9.17) is 4.74 Å². The van der Waals surface area contributed by atoms with Crippen LogP contribution in [0.15, 0.2) is 67.1 Å². The van der Waals surface area contributed by atoms with Gasteiger partial charge < -0.3 is 14.5 Å². The number of pyridine rings is 1. The predicted octanol–water partition coefficient (Wildman–Crippen LogP) is 5.73. The number of benzene rings is 2. The van der Waals surface area contributed by atoms with E-state index in [1.165, 1.54) is 22.4 Å². The van der Waals surface area contributed by atoms with Crippen molar-refractivity contribution in [1.29, 1.82) is 0 Å². The molecule has 0 bridgehead atoms. The molecule has 1 aliphatic heterocycles. The number of anilines is 2. The van der Waals surface area contributed by atoms with E-state index >= 15 is 0 Å². The zero-order valence-electron chi connectivity index (χ0n) is 18.0. The lowest BCUT2D eigenvalue weighted by Gasteiger charge is -2.25. The number of hydrogen-bond acceptors (Lipinski definition) is 4. The van der Waals surface area contributed by atoms with Crippen LogP contribution in [0.4, 0.5) is 11.4 Å². The first kappa shape index (κ1) is 20.0. The third kappa shape index (κ3) is 4.18. The molecule has 2 radical (unpaired) electrons. The van der Waals surface area contributed by atoms with Gasteiger partial charge in [-0.25, -0.2) is 0 Å². The average Bonchev–Trinajstić information content (AvgIpc) is 3.17. The van der Waals surface area contributed by atoms with Crippen LogP contribution in [-0.2, 0) is 6.42 Å². The van der Waals surface area contributed by atoms with E-state index in [9.17, 15) is 0 Å². The average molecular weight is 398 g/mol. The fourth-order valence-corrected chi connectivity index (χ4v) is 3.99. The number of aromatic nitrogens is 1. The van der Waals surface area contributed by atoms with Crippen molar-refractivity contribution in [3.8, 4) is 5.75 Å². The van der Waals surface area contributed by atoms with Gasteiger partial charge in [-0.1, -0.05) is 35.9 Å². The van der Waals surface area contributed by atoms with Crippen molar-refractivity contribution in [3.05, 3.63) is 102 Å². The maximum atomic E-state index is 6.16. The molecule has 0 amide bonds. The molecule has 4 rings (SSSR count). The van der Waals surface area contributed by atoms with Crippen LogP contribution in [0.1, 0.15) is 27.9 Å².